The molecule has 28 heavy (non-hydrogen) atoms. The van der Waals surface area contributed by atoms with Gasteiger partial charge in [0.2, 0.25) is 0 Å². The molecule has 0 saturated heterocycles. The smallest absolute Gasteiger partial charge is 0.311 e. The summed E-state index contributed by atoms with van der Waals surface area (Å²) in [4.78, 5) is 15.6. The van der Waals surface area contributed by atoms with Gasteiger partial charge < -0.3 is 15.2 Å². The summed E-state index contributed by atoms with van der Waals surface area (Å²) < 4.78 is 25.9. The number of nitrogens with zero attached hydrogens (tertiary/aromatic N) is 3. The molecule has 2 N–H and O–H groups in total. The molecule has 7 nitrogen and oxygen atoms in total. The number of rotatable bonds is 7. The summed E-state index contributed by atoms with van der Waals surface area (Å²) in [6.45, 7) is 1.99. The van der Waals surface area contributed by atoms with Crippen LogP contribution in [-0.4, -0.2) is 20.7 Å². The van der Waals surface area contributed by atoms with E-state index in [1.165, 1.54) is 17.1 Å². The fourth-order valence-electron chi connectivity index (χ4n) is 2.33. The molecule has 2 heterocycles. The van der Waals surface area contributed by atoms with Crippen LogP contribution in [0.2, 0.25) is 5.02 Å². The van der Waals surface area contributed by atoms with Gasteiger partial charge in [0.05, 0.1) is 16.9 Å². The number of pyridine rings is 1. The SMILES string of the molecule is CCCCC(=O)Oc1cn(-c2ccc(Oc3ncc(Cl)cc3F)cc2)nc1N. The number of hydrogen-bond donors (Lipinski definition) is 1. The number of hydrogen-bond acceptors (Lipinski definition) is 6. The molecule has 0 aliphatic rings. The van der Waals surface area contributed by atoms with Crippen LogP contribution in [0.1, 0.15) is 26.2 Å². The lowest BCUT2D eigenvalue weighted by Gasteiger charge is -2.07. The lowest BCUT2D eigenvalue weighted by Crippen LogP contribution is -2.07. The quantitative estimate of drug-likeness (QED) is 0.581. The van der Waals surface area contributed by atoms with Crippen LogP contribution in [0.15, 0.2) is 42.7 Å². The van der Waals surface area contributed by atoms with Crippen molar-refractivity contribution in [3.63, 3.8) is 0 Å². The van der Waals surface area contributed by atoms with Gasteiger partial charge in [0.25, 0.3) is 5.88 Å². The van der Waals surface area contributed by atoms with Crippen molar-refractivity contribution >= 4 is 23.4 Å². The molecule has 3 rings (SSSR count). The molecular weight excluding hydrogens is 387 g/mol. The van der Waals surface area contributed by atoms with Gasteiger partial charge in [-0.2, -0.15) is 0 Å². The van der Waals surface area contributed by atoms with E-state index in [1.54, 1.807) is 24.3 Å². The van der Waals surface area contributed by atoms with Gasteiger partial charge >= 0.3 is 5.97 Å². The van der Waals surface area contributed by atoms with Gasteiger partial charge in [0.1, 0.15) is 5.75 Å². The van der Waals surface area contributed by atoms with Crippen LogP contribution in [0.25, 0.3) is 5.69 Å². The fraction of sp³-hybridized carbons (Fsp3) is 0.211. The lowest BCUT2D eigenvalue weighted by molar-refractivity contribution is -0.134. The Morgan fingerprint density at radius 1 is 1.32 bits per heavy atom. The van der Waals surface area contributed by atoms with E-state index in [9.17, 15) is 9.18 Å². The molecule has 3 aromatic rings. The molecule has 0 unspecified atom stereocenters. The molecule has 0 aliphatic heterocycles. The topological polar surface area (TPSA) is 92.3 Å². The summed E-state index contributed by atoms with van der Waals surface area (Å²) in [6.07, 6.45) is 4.78. The van der Waals surface area contributed by atoms with Gasteiger partial charge in [-0.05, 0) is 36.8 Å². The summed E-state index contributed by atoms with van der Waals surface area (Å²) in [5.74, 6) is -0.502. The van der Waals surface area contributed by atoms with Gasteiger partial charge in [-0.1, -0.05) is 24.9 Å². The summed E-state index contributed by atoms with van der Waals surface area (Å²) >= 11 is 5.67. The van der Waals surface area contributed by atoms with Crippen molar-refractivity contribution in [2.75, 3.05) is 5.73 Å². The van der Waals surface area contributed by atoms with E-state index in [0.29, 0.717) is 17.9 Å². The van der Waals surface area contributed by atoms with Crippen LogP contribution in [0, 0.1) is 5.82 Å². The third-order valence-electron chi connectivity index (χ3n) is 3.76. The number of unbranched alkanes of at least 4 members (excludes halogenated alkanes) is 1. The summed E-state index contributed by atoms with van der Waals surface area (Å²) in [5.41, 5.74) is 6.47. The van der Waals surface area contributed by atoms with Crippen molar-refractivity contribution in [3.05, 3.63) is 53.6 Å². The molecule has 9 heteroatoms. The van der Waals surface area contributed by atoms with Crippen molar-refractivity contribution in [2.24, 2.45) is 0 Å². The predicted octanol–water partition coefficient (Wildman–Crippen LogP) is 4.53. The zero-order valence-corrected chi connectivity index (χ0v) is 15.8. The first kappa shape index (κ1) is 19.6. The van der Waals surface area contributed by atoms with Crippen molar-refractivity contribution < 1.29 is 18.7 Å². The fourth-order valence-corrected chi connectivity index (χ4v) is 2.48. The molecule has 0 atom stereocenters. The average molecular weight is 405 g/mol. The minimum absolute atomic E-state index is 0.109. The van der Waals surface area contributed by atoms with E-state index in [-0.39, 0.29) is 28.4 Å². The molecule has 146 valence electrons. The minimum Gasteiger partial charge on any atom is -0.436 e. The minimum atomic E-state index is -0.661. The first-order valence-corrected chi connectivity index (χ1v) is 8.99. The second-order valence-corrected chi connectivity index (χ2v) is 6.37. The molecule has 2 aromatic heterocycles. The number of esters is 1. The molecule has 1 aromatic carbocycles. The monoisotopic (exact) mass is 404 g/mol. The van der Waals surface area contributed by atoms with Crippen LogP contribution in [-0.2, 0) is 4.79 Å². The van der Waals surface area contributed by atoms with Crippen molar-refractivity contribution in [1.29, 1.82) is 0 Å². The Hall–Kier alpha value is -3.13. The number of ether oxygens (including phenoxy) is 2. The van der Waals surface area contributed by atoms with Crippen LogP contribution in [0.4, 0.5) is 10.2 Å². The number of carbonyl (C=O) groups is 1. The van der Waals surface area contributed by atoms with Crippen LogP contribution >= 0.6 is 11.6 Å². The summed E-state index contributed by atoms with van der Waals surface area (Å²) in [6, 6.07) is 7.75. The number of nitrogens with two attached hydrogens (primary N) is 1. The number of anilines is 1. The van der Waals surface area contributed by atoms with E-state index in [2.05, 4.69) is 10.1 Å². The van der Waals surface area contributed by atoms with Gasteiger partial charge in [-0.25, -0.2) is 14.1 Å². The van der Waals surface area contributed by atoms with Crippen LogP contribution in [0.3, 0.4) is 0 Å². The van der Waals surface area contributed by atoms with E-state index < -0.39 is 5.82 Å². The molecule has 0 saturated carbocycles. The average Bonchev–Trinajstić information content (AvgIpc) is 3.03. The van der Waals surface area contributed by atoms with E-state index in [4.69, 9.17) is 26.8 Å². The predicted molar refractivity (Wildman–Crippen MR) is 102 cm³/mol. The number of aromatic nitrogens is 3. The van der Waals surface area contributed by atoms with Gasteiger partial charge in [-0.3, -0.25) is 4.79 Å². The van der Waals surface area contributed by atoms with Crippen LogP contribution in [0.5, 0.6) is 17.4 Å². The molecule has 0 radical (unpaired) electrons. The van der Waals surface area contributed by atoms with E-state index in [1.807, 2.05) is 6.92 Å². The molecule has 0 fully saturated rings. The Labute approximate surface area is 165 Å². The zero-order valence-electron chi connectivity index (χ0n) is 15.1. The zero-order chi connectivity index (χ0) is 20.1. The Balaban J connectivity index is 1.71. The normalized spacial score (nSPS) is 10.7. The van der Waals surface area contributed by atoms with Gasteiger partial charge in [0, 0.05) is 12.6 Å². The second kappa shape index (κ2) is 8.71. The third kappa shape index (κ3) is 4.77. The highest BCUT2D eigenvalue weighted by Gasteiger charge is 2.13. The molecular formula is C19H18ClFN4O3. The molecule has 0 aliphatic carbocycles. The van der Waals surface area contributed by atoms with Crippen LogP contribution < -0.4 is 15.2 Å². The largest absolute Gasteiger partial charge is 0.436 e. The van der Waals surface area contributed by atoms with Gasteiger partial charge in [-0.15, -0.1) is 5.10 Å². The Morgan fingerprint density at radius 3 is 2.75 bits per heavy atom. The summed E-state index contributed by atoms with van der Waals surface area (Å²) in [7, 11) is 0. The summed E-state index contributed by atoms with van der Waals surface area (Å²) in [5, 5.41) is 4.32. The Morgan fingerprint density at radius 2 is 2.07 bits per heavy atom. The highest BCUT2D eigenvalue weighted by molar-refractivity contribution is 6.30. The number of halogens is 2. The van der Waals surface area contributed by atoms with Gasteiger partial charge in [0.15, 0.2) is 17.4 Å². The molecule has 0 amide bonds. The standard InChI is InChI=1S/C19H18ClFN4O3/c1-2-3-4-17(26)28-16-11-25(24-18(16)22)13-5-7-14(8-6-13)27-19-15(21)9-12(20)10-23-19/h5-11H,2-4H2,1H3,(H2,22,24). The maximum atomic E-state index is 13.8. The first-order chi connectivity index (χ1) is 13.5. The van der Waals surface area contributed by atoms with E-state index in [0.717, 1.165) is 18.9 Å². The third-order valence-corrected chi connectivity index (χ3v) is 3.96. The highest BCUT2D eigenvalue weighted by Crippen LogP contribution is 2.26. The number of benzene rings is 1. The number of nitrogen functional groups attached to an aromatic ring is 1. The van der Waals surface area contributed by atoms with E-state index >= 15 is 0 Å². The molecule has 0 spiro atoms. The lowest BCUT2D eigenvalue weighted by atomic mass is 10.2. The Kier molecular flexibility index (Phi) is 6.10. The highest BCUT2D eigenvalue weighted by atomic mass is 35.5. The molecule has 0 bridgehead atoms. The Bertz CT molecular complexity index is 976. The van der Waals surface area contributed by atoms with Crippen molar-refractivity contribution in [2.45, 2.75) is 26.2 Å². The second-order valence-electron chi connectivity index (χ2n) is 5.94. The van der Waals surface area contributed by atoms with Crippen molar-refractivity contribution in [3.8, 4) is 23.1 Å². The van der Waals surface area contributed by atoms with Crippen molar-refractivity contribution in [1.82, 2.24) is 14.8 Å². The maximum absolute atomic E-state index is 13.8. The maximum Gasteiger partial charge on any atom is 0.311 e. The number of carbonyl (C=O) groups excluding carboxylic acids is 1. The first-order valence-electron chi connectivity index (χ1n) is 8.61.